The summed E-state index contributed by atoms with van der Waals surface area (Å²) < 4.78 is 19.0. The Kier molecular flexibility index (Phi) is 19.2. The molecule has 0 aromatic heterocycles. The Morgan fingerprint density at radius 3 is 2.03 bits per heavy atom. The number of amides is 3. The van der Waals surface area contributed by atoms with Crippen molar-refractivity contribution < 1.29 is 33.7 Å². The summed E-state index contributed by atoms with van der Waals surface area (Å²) in [6.45, 7) is 7.66. The summed E-state index contributed by atoms with van der Waals surface area (Å²) >= 11 is 0. The summed E-state index contributed by atoms with van der Waals surface area (Å²) in [6.07, 6.45) is 14.3. The lowest BCUT2D eigenvalue weighted by Crippen LogP contribution is -2.41. The maximum Gasteiger partial charge on any atom is 0.408 e. The molecule has 4 aromatic carbocycles. The molecule has 0 radical (unpaired) electrons. The van der Waals surface area contributed by atoms with Crippen LogP contribution in [0, 0.1) is 0 Å². The number of benzene rings is 4. The zero-order valence-electron chi connectivity index (χ0n) is 37.6. The molecule has 338 valence electrons. The Morgan fingerprint density at radius 1 is 0.714 bits per heavy atom. The van der Waals surface area contributed by atoms with E-state index in [1.807, 2.05) is 78.9 Å². The molecule has 4 aromatic rings. The van der Waals surface area contributed by atoms with E-state index < -0.39 is 24.3 Å². The Bertz CT molecular complexity index is 1990. The fraction of sp³-hybridized carbons (Fsp3) is 0.491. The van der Waals surface area contributed by atoms with Crippen molar-refractivity contribution in [2.75, 3.05) is 19.6 Å². The van der Waals surface area contributed by atoms with Gasteiger partial charge in [0, 0.05) is 18.5 Å². The highest BCUT2D eigenvalue weighted by atomic mass is 16.7. The zero-order valence-corrected chi connectivity index (χ0v) is 37.6. The highest BCUT2D eigenvalue weighted by Crippen LogP contribution is 2.39. The van der Waals surface area contributed by atoms with Gasteiger partial charge < -0.3 is 29.5 Å². The minimum atomic E-state index is -0.977. The van der Waals surface area contributed by atoms with Crippen molar-refractivity contribution in [3.05, 3.63) is 131 Å². The number of likely N-dealkylation sites (tertiary alicyclic amines) is 1. The highest BCUT2D eigenvalue weighted by Gasteiger charge is 2.40. The number of aliphatic hydroxyl groups is 1. The van der Waals surface area contributed by atoms with Gasteiger partial charge in [-0.15, -0.1) is 0 Å². The van der Waals surface area contributed by atoms with Crippen LogP contribution in [0.5, 0.6) is 0 Å². The van der Waals surface area contributed by atoms with Gasteiger partial charge >= 0.3 is 6.09 Å². The molecule has 3 amide bonds. The third kappa shape index (κ3) is 14.9. The van der Waals surface area contributed by atoms with Crippen LogP contribution in [0.1, 0.15) is 144 Å². The van der Waals surface area contributed by atoms with Crippen molar-refractivity contribution in [3.63, 3.8) is 0 Å². The number of hydrogen-bond donors (Lipinski definition) is 2. The first-order chi connectivity index (χ1) is 30.8. The summed E-state index contributed by atoms with van der Waals surface area (Å²) in [5.41, 5.74) is 6.35. The molecule has 6 rings (SSSR count). The lowest BCUT2D eigenvalue weighted by molar-refractivity contribution is -0.253. The number of carbonyl (C=O) groups is 3. The molecule has 4 atom stereocenters. The van der Waals surface area contributed by atoms with Gasteiger partial charge in [-0.2, -0.15) is 0 Å². The largest absolute Gasteiger partial charge is 0.445 e. The van der Waals surface area contributed by atoms with E-state index in [1.54, 1.807) is 0 Å². The van der Waals surface area contributed by atoms with E-state index in [0.29, 0.717) is 0 Å². The SMILES string of the molecule is CCCCCCCCN(CCCCCCCC)C[C@H]1C[C@@H](c2ccc(CO)cc2)O[C@@H](c2cccc(-c3cccc(CN4C(=O)CC(NC(=O)OCc5ccccc5)C4=O)c3)c2)O1. The van der Waals surface area contributed by atoms with Crippen molar-refractivity contribution in [2.45, 2.75) is 148 Å². The van der Waals surface area contributed by atoms with E-state index in [4.69, 9.17) is 14.2 Å². The minimum absolute atomic E-state index is 0.00557. The Morgan fingerprint density at radius 2 is 1.35 bits per heavy atom. The number of carbonyl (C=O) groups excluding carboxylic acids is 3. The smallest absolute Gasteiger partial charge is 0.408 e. The fourth-order valence-electron chi connectivity index (χ4n) is 8.61. The van der Waals surface area contributed by atoms with Gasteiger partial charge in [-0.25, -0.2) is 4.79 Å². The number of nitrogens with zero attached hydrogens (tertiary/aromatic N) is 2. The minimum Gasteiger partial charge on any atom is -0.445 e. The predicted octanol–water partition coefficient (Wildman–Crippen LogP) is 11.0. The molecule has 10 heteroatoms. The van der Waals surface area contributed by atoms with Crippen LogP contribution in [0.4, 0.5) is 4.79 Å². The molecule has 63 heavy (non-hydrogen) atoms. The maximum absolute atomic E-state index is 13.4. The van der Waals surface area contributed by atoms with Crippen LogP contribution < -0.4 is 5.32 Å². The average molecular weight is 860 g/mol. The lowest BCUT2D eigenvalue weighted by Gasteiger charge is -2.38. The Hall–Kier alpha value is -4.87. The van der Waals surface area contributed by atoms with Crippen molar-refractivity contribution >= 4 is 17.9 Å². The second kappa shape index (κ2) is 25.4. The maximum atomic E-state index is 13.4. The molecular weight excluding hydrogens is 791 g/mol. The molecule has 0 bridgehead atoms. The molecule has 10 nitrogen and oxygen atoms in total. The first-order valence-corrected chi connectivity index (χ1v) is 23.6. The first-order valence-electron chi connectivity index (χ1n) is 23.6. The van der Waals surface area contributed by atoms with Gasteiger partial charge in [-0.1, -0.05) is 169 Å². The third-order valence-corrected chi connectivity index (χ3v) is 12.2. The molecule has 0 spiro atoms. The molecule has 2 saturated heterocycles. The molecule has 1 unspecified atom stereocenters. The van der Waals surface area contributed by atoms with Crippen LogP contribution in [0.2, 0.25) is 0 Å². The monoisotopic (exact) mass is 860 g/mol. The van der Waals surface area contributed by atoms with Crippen molar-refractivity contribution in [2.24, 2.45) is 0 Å². The Balaban J connectivity index is 1.13. The van der Waals surface area contributed by atoms with Gasteiger partial charge in [0.1, 0.15) is 12.6 Å². The number of imide groups is 1. The van der Waals surface area contributed by atoms with Gasteiger partial charge in [0.05, 0.1) is 31.8 Å². The summed E-state index contributed by atoms with van der Waals surface area (Å²) in [4.78, 5) is 42.8. The molecule has 2 N–H and O–H groups in total. The average Bonchev–Trinajstić information content (AvgIpc) is 3.57. The van der Waals surface area contributed by atoms with Crippen LogP contribution in [-0.2, 0) is 43.6 Å². The van der Waals surface area contributed by atoms with Gasteiger partial charge in [0.2, 0.25) is 5.91 Å². The predicted molar refractivity (Wildman–Crippen MR) is 247 cm³/mol. The number of nitrogens with one attached hydrogen (secondary N) is 1. The van der Waals surface area contributed by atoms with Crippen LogP contribution >= 0.6 is 0 Å². The highest BCUT2D eigenvalue weighted by molar-refractivity contribution is 6.06. The van der Waals surface area contributed by atoms with Gasteiger partial charge in [-0.3, -0.25) is 14.5 Å². The number of alkyl carbamates (subject to hydrolysis) is 1. The van der Waals surface area contributed by atoms with Crippen LogP contribution in [0.25, 0.3) is 11.1 Å². The topological polar surface area (TPSA) is 118 Å². The van der Waals surface area contributed by atoms with Crippen molar-refractivity contribution in [1.82, 2.24) is 15.1 Å². The summed E-state index contributed by atoms with van der Waals surface area (Å²) in [7, 11) is 0. The Labute approximate surface area is 375 Å². The summed E-state index contributed by atoms with van der Waals surface area (Å²) in [5, 5.41) is 12.3. The third-order valence-electron chi connectivity index (χ3n) is 12.2. The van der Waals surface area contributed by atoms with E-state index in [2.05, 4.69) is 48.3 Å². The van der Waals surface area contributed by atoms with Crippen molar-refractivity contribution in [3.8, 4) is 11.1 Å². The number of rotatable bonds is 25. The normalized spacial score (nSPS) is 18.9. The van der Waals surface area contributed by atoms with E-state index in [9.17, 15) is 19.5 Å². The molecular formula is C53H69N3O7. The molecule has 2 aliphatic rings. The summed E-state index contributed by atoms with van der Waals surface area (Å²) in [6, 6.07) is 32.4. The fourth-order valence-corrected chi connectivity index (χ4v) is 8.61. The quantitative estimate of drug-likeness (QED) is 0.0500. The van der Waals surface area contributed by atoms with Crippen molar-refractivity contribution in [1.29, 1.82) is 0 Å². The first kappa shape index (κ1) is 47.6. The van der Waals surface area contributed by atoms with Gasteiger partial charge in [0.25, 0.3) is 5.91 Å². The second-order valence-corrected chi connectivity index (χ2v) is 17.3. The van der Waals surface area contributed by atoms with Gasteiger partial charge in [-0.05, 0) is 71.4 Å². The van der Waals surface area contributed by atoms with E-state index in [1.165, 1.54) is 81.9 Å². The molecule has 0 aliphatic carbocycles. The van der Waals surface area contributed by atoms with Gasteiger partial charge in [0.15, 0.2) is 6.29 Å². The van der Waals surface area contributed by atoms with E-state index in [0.717, 1.165) is 65.0 Å². The molecule has 2 heterocycles. The number of aliphatic hydroxyl groups excluding tert-OH is 1. The molecule has 2 fully saturated rings. The van der Waals surface area contributed by atoms with E-state index in [-0.39, 0.29) is 44.3 Å². The number of unbranched alkanes of at least 4 members (excludes halogenated alkanes) is 10. The van der Waals surface area contributed by atoms with Crippen LogP contribution in [0.3, 0.4) is 0 Å². The second-order valence-electron chi connectivity index (χ2n) is 17.3. The molecule has 0 saturated carbocycles. The number of ether oxygens (including phenoxy) is 3. The number of hydrogen-bond acceptors (Lipinski definition) is 8. The zero-order chi connectivity index (χ0) is 44.2. The lowest BCUT2D eigenvalue weighted by atomic mass is 9.98. The van der Waals surface area contributed by atoms with Crippen LogP contribution in [0.15, 0.2) is 103 Å². The summed E-state index contributed by atoms with van der Waals surface area (Å²) in [5.74, 6) is -0.803. The van der Waals surface area contributed by atoms with Crippen LogP contribution in [-0.4, -0.2) is 64.6 Å². The van der Waals surface area contributed by atoms with E-state index >= 15 is 0 Å². The molecule has 2 aliphatic heterocycles. The standard InChI is InChI=1S/C53H69N3O7/c1-3-5-7-9-11-16-30-55(31-17-12-10-8-6-4-2)37-47-34-49(43-28-26-40(38-57)27-29-43)63-52(62-47)46-25-19-24-45(33-46)44-23-18-22-42(32-44)36-56-50(58)35-48(51(56)59)54-53(60)61-39-41-20-14-13-15-21-41/h13-15,18-29,32-33,47-49,52,57H,3-12,16-17,30-31,34-39H2,1-2H3,(H,54,60)/t47-,48?,49+,52+/m1/s1.